The largest absolute Gasteiger partial charge is 0.460 e. The second-order valence-electron chi connectivity index (χ2n) is 8.65. The van der Waals surface area contributed by atoms with Crippen LogP contribution in [0.15, 0.2) is 81.7 Å². The number of allylic oxidation sites excluding steroid dienone is 3. The molecule has 172 valence electrons. The molecule has 7 heteroatoms. The van der Waals surface area contributed by atoms with Crippen molar-refractivity contribution in [2.75, 3.05) is 5.32 Å². The quantitative estimate of drug-likeness (QED) is 0.492. The van der Waals surface area contributed by atoms with Gasteiger partial charge in [-0.05, 0) is 68.7 Å². The van der Waals surface area contributed by atoms with Gasteiger partial charge in [0.2, 0.25) is 0 Å². The molecule has 1 aliphatic carbocycles. The van der Waals surface area contributed by atoms with Crippen LogP contribution in [0.4, 0.5) is 5.82 Å². The summed E-state index contributed by atoms with van der Waals surface area (Å²) in [5.41, 5.74) is 4.43. The highest BCUT2D eigenvalue weighted by atomic mass is 35.5. The molecule has 0 saturated carbocycles. The summed E-state index contributed by atoms with van der Waals surface area (Å²) >= 11 is 6.16. The van der Waals surface area contributed by atoms with E-state index in [9.17, 15) is 9.59 Å². The number of Topliss-reactive ketones (excluding diaryl/α,β-unsaturated/α-hetero) is 1. The van der Waals surface area contributed by atoms with E-state index in [0.717, 1.165) is 29.7 Å². The molecule has 3 aromatic rings. The number of anilines is 1. The Kier molecular flexibility index (Phi) is 5.84. The molecule has 5 rings (SSSR count). The van der Waals surface area contributed by atoms with Gasteiger partial charge < -0.3 is 15.1 Å². The summed E-state index contributed by atoms with van der Waals surface area (Å²) in [6, 6.07) is 14.7. The van der Waals surface area contributed by atoms with E-state index in [-0.39, 0.29) is 11.7 Å². The fraction of sp³-hybridized carbons (Fsp3) is 0.222. The van der Waals surface area contributed by atoms with Gasteiger partial charge in [0.15, 0.2) is 5.78 Å². The smallest absolute Gasteiger partial charge is 0.255 e. The summed E-state index contributed by atoms with van der Waals surface area (Å²) in [6.45, 7) is 3.79. The van der Waals surface area contributed by atoms with Crippen LogP contribution >= 0.6 is 11.6 Å². The number of amides is 1. The molecule has 0 saturated heterocycles. The lowest BCUT2D eigenvalue weighted by atomic mass is 9.77. The standard InChI is InChI=1S/C27H24ClN3O3/c1-15-11-12-29-23(13-15)31-27(33)24-16(2)30-19-7-4-8-20(32)25(19)26(24)22-10-9-21(34-22)17-5-3-6-18(28)14-17/h3,5-6,9-14,26,30H,4,7-8H2,1-2H3,(H,29,31,33)/t26-/m0/s1. The minimum Gasteiger partial charge on any atom is -0.460 e. The summed E-state index contributed by atoms with van der Waals surface area (Å²) in [6.07, 6.45) is 3.64. The first kappa shape index (κ1) is 22.2. The summed E-state index contributed by atoms with van der Waals surface area (Å²) < 4.78 is 6.26. The number of dihydropyridines is 1. The molecule has 6 nitrogen and oxygen atoms in total. The van der Waals surface area contributed by atoms with Crippen LogP contribution in [-0.2, 0) is 9.59 Å². The minimum absolute atomic E-state index is 0.0333. The lowest BCUT2D eigenvalue weighted by Crippen LogP contribution is -2.35. The fourth-order valence-corrected chi connectivity index (χ4v) is 4.85. The molecule has 3 heterocycles. The number of halogens is 1. The molecule has 0 fully saturated rings. The number of hydrogen-bond donors (Lipinski definition) is 2. The first-order chi connectivity index (χ1) is 16.4. The van der Waals surface area contributed by atoms with Crippen LogP contribution in [0.5, 0.6) is 0 Å². The Hall–Kier alpha value is -3.64. The number of nitrogens with one attached hydrogen (secondary N) is 2. The first-order valence-corrected chi connectivity index (χ1v) is 11.6. The molecule has 2 aromatic heterocycles. The van der Waals surface area contributed by atoms with E-state index in [0.29, 0.717) is 45.6 Å². The van der Waals surface area contributed by atoms with Crippen molar-refractivity contribution in [3.05, 3.63) is 93.6 Å². The van der Waals surface area contributed by atoms with Crippen LogP contribution in [0.3, 0.4) is 0 Å². The topological polar surface area (TPSA) is 84.2 Å². The molecule has 1 aliphatic heterocycles. The van der Waals surface area contributed by atoms with Crippen molar-refractivity contribution in [3.63, 3.8) is 0 Å². The zero-order chi connectivity index (χ0) is 23.8. The second kappa shape index (κ2) is 8.95. The maximum atomic E-state index is 13.5. The van der Waals surface area contributed by atoms with Crippen molar-refractivity contribution in [3.8, 4) is 11.3 Å². The van der Waals surface area contributed by atoms with Gasteiger partial charge in [-0.2, -0.15) is 0 Å². The Balaban J connectivity index is 1.58. The van der Waals surface area contributed by atoms with Gasteiger partial charge in [-0.25, -0.2) is 4.98 Å². The molecule has 0 radical (unpaired) electrons. The molecular weight excluding hydrogens is 450 g/mol. The maximum absolute atomic E-state index is 13.5. The predicted molar refractivity (Wildman–Crippen MR) is 131 cm³/mol. The third-order valence-corrected chi connectivity index (χ3v) is 6.43. The Morgan fingerprint density at radius 1 is 1.15 bits per heavy atom. The fourth-order valence-electron chi connectivity index (χ4n) is 4.66. The van der Waals surface area contributed by atoms with Crippen LogP contribution in [0.25, 0.3) is 11.3 Å². The van der Waals surface area contributed by atoms with Crippen LogP contribution in [0.1, 0.15) is 43.4 Å². The van der Waals surface area contributed by atoms with Gasteiger partial charge in [-0.3, -0.25) is 9.59 Å². The number of carbonyl (C=O) groups excluding carboxylic acids is 2. The van der Waals surface area contributed by atoms with Crippen molar-refractivity contribution in [1.82, 2.24) is 10.3 Å². The van der Waals surface area contributed by atoms with E-state index >= 15 is 0 Å². The highest BCUT2D eigenvalue weighted by Gasteiger charge is 2.40. The lowest BCUT2D eigenvalue weighted by Gasteiger charge is -2.33. The number of hydrogen-bond acceptors (Lipinski definition) is 5. The van der Waals surface area contributed by atoms with Gasteiger partial charge in [0, 0.05) is 40.2 Å². The highest BCUT2D eigenvalue weighted by molar-refractivity contribution is 6.30. The molecular formula is C27H24ClN3O3. The Labute approximate surface area is 202 Å². The number of furan rings is 1. The number of carbonyl (C=O) groups is 2. The third kappa shape index (κ3) is 4.17. The van der Waals surface area contributed by atoms with E-state index in [1.165, 1.54) is 0 Å². The number of nitrogens with zero attached hydrogens (tertiary/aromatic N) is 1. The summed E-state index contributed by atoms with van der Waals surface area (Å²) in [5.74, 6) is 0.726. The van der Waals surface area contributed by atoms with E-state index in [2.05, 4.69) is 15.6 Å². The summed E-state index contributed by atoms with van der Waals surface area (Å²) in [5, 5.41) is 6.82. The van der Waals surface area contributed by atoms with Crippen molar-refractivity contribution >= 4 is 29.1 Å². The van der Waals surface area contributed by atoms with Gasteiger partial charge in [-0.1, -0.05) is 23.7 Å². The van der Waals surface area contributed by atoms with Crippen molar-refractivity contribution < 1.29 is 14.0 Å². The van der Waals surface area contributed by atoms with Crippen molar-refractivity contribution in [2.45, 2.75) is 39.0 Å². The molecule has 2 N–H and O–H groups in total. The molecule has 1 amide bonds. The summed E-state index contributed by atoms with van der Waals surface area (Å²) in [7, 11) is 0. The van der Waals surface area contributed by atoms with Gasteiger partial charge >= 0.3 is 0 Å². The van der Waals surface area contributed by atoms with Crippen molar-refractivity contribution in [2.24, 2.45) is 0 Å². The van der Waals surface area contributed by atoms with E-state index < -0.39 is 5.92 Å². The molecule has 1 atom stereocenters. The van der Waals surface area contributed by atoms with Crippen LogP contribution in [-0.4, -0.2) is 16.7 Å². The first-order valence-electron chi connectivity index (χ1n) is 11.2. The average molecular weight is 474 g/mol. The van der Waals surface area contributed by atoms with Crippen LogP contribution in [0.2, 0.25) is 5.02 Å². The molecule has 1 aromatic carbocycles. The molecule has 0 spiro atoms. The zero-order valence-electron chi connectivity index (χ0n) is 18.9. The third-order valence-electron chi connectivity index (χ3n) is 6.20. The number of aromatic nitrogens is 1. The number of ketones is 1. The average Bonchev–Trinajstić information content (AvgIpc) is 3.28. The molecule has 0 bridgehead atoms. The predicted octanol–water partition coefficient (Wildman–Crippen LogP) is 5.91. The maximum Gasteiger partial charge on any atom is 0.255 e. The van der Waals surface area contributed by atoms with E-state index in [4.69, 9.17) is 16.0 Å². The van der Waals surface area contributed by atoms with E-state index in [1.54, 1.807) is 18.3 Å². The number of pyridine rings is 1. The monoisotopic (exact) mass is 473 g/mol. The normalized spacial score (nSPS) is 18.0. The Bertz CT molecular complexity index is 1370. The minimum atomic E-state index is -0.609. The Morgan fingerprint density at radius 2 is 2.00 bits per heavy atom. The number of benzene rings is 1. The van der Waals surface area contributed by atoms with E-state index in [1.807, 2.05) is 50.2 Å². The van der Waals surface area contributed by atoms with Crippen LogP contribution in [0, 0.1) is 6.92 Å². The second-order valence-corrected chi connectivity index (χ2v) is 9.09. The van der Waals surface area contributed by atoms with Crippen molar-refractivity contribution in [1.29, 1.82) is 0 Å². The van der Waals surface area contributed by atoms with Gasteiger partial charge in [-0.15, -0.1) is 0 Å². The van der Waals surface area contributed by atoms with Gasteiger partial charge in [0.1, 0.15) is 17.3 Å². The number of aryl methyl sites for hydroxylation is 1. The lowest BCUT2D eigenvalue weighted by molar-refractivity contribution is -0.116. The van der Waals surface area contributed by atoms with Gasteiger partial charge in [0.05, 0.1) is 11.5 Å². The number of rotatable bonds is 4. The zero-order valence-corrected chi connectivity index (χ0v) is 19.7. The molecule has 2 aliphatic rings. The molecule has 34 heavy (non-hydrogen) atoms. The van der Waals surface area contributed by atoms with Crippen LogP contribution < -0.4 is 10.6 Å². The van der Waals surface area contributed by atoms with Gasteiger partial charge in [0.25, 0.3) is 5.91 Å². The highest BCUT2D eigenvalue weighted by Crippen LogP contribution is 2.43. The summed E-state index contributed by atoms with van der Waals surface area (Å²) in [4.78, 5) is 30.9. The Morgan fingerprint density at radius 3 is 2.79 bits per heavy atom. The molecule has 0 unspecified atom stereocenters. The SMILES string of the molecule is CC1=C(C(=O)Nc2cc(C)ccn2)[C@H](c2ccc(-c3cccc(Cl)c3)o2)C2=C(CCCC2=O)N1.